The predicted octanol–water partition coefficient (Wildman–Crippen LogP) is 2.98. The van der Waals surface area contributed by atoms with Crippen LogP contribution in [-0.2, 0) is 6.54 Å². The monoisotopic (exact) mass is 282 g/mol. The van der Waals surface area contributed by atoms with E-state index in [1.807, 2.05) is 0 Å². The number of rotatable bonds is 7. The lowest BCUT2D eigenvalue weighted by Crippen LogP contribution is -2.16. The molecule has 6 heteroatoms. The second kappa shape index (κ2) is 6.04. The fraction of sp³-hybridized carbons (Fsp3) is 0.385. The van der Waals surface area contributed by atoms with Crippen LogP contribution in [0.1, 0.15) is 18.4 Å². The van der Waals surface area contributed by atoms with E-state index in [1.54, 1.807) is 6.07 Å². The Hall–Kier alpha value is -1.59. The molecule has 1 saturated carbocycles. The van der Waals surface area contributed by atoms with Gasteiger partial charge in [0.05, 0.1) is 4.92 Å². The zero-order valence-corrected chi connectivity index (χ0v) is 11.2. The fourth-order valence-corrected chi connectivity index (χ4v) is 1.71. The van der Waals surface area contributed by atoms with E-state index in [0.29, 0.717) is 23.4 Å². The van der Waals surface area contributed by atoms with Gasteiger partial charge < -0.3 is 10.1 Å². The zero-order chi connectivity index (χ0) is 13.8. The molecule has 0 radical (unpaired) electrons. The standard InChI is InChI=1S/C13H15ClN2O3/c1-9(14)8-19-13-5-4-12(16(17)18)6-10(13)7-15-11-2-3-11/h4-6,11,15H,1-3,7-8H2. The third kappa shape index (κ3) is 4.22. The van der Waals surface area contributed by atoms with Crippen molar-refractivity contribution in [1.82, 2.24) is 5.32 Å². The van der Waals surface area contributed by atoms with E-state index >= 15 is 0 Å². The number of nitro groups is 1. The minimum Gasteiger partial charge on any atom is -0.488 e. The van der Waals surface area contributed by atoms with E-state index in [1.165, 1.54) is 12.1 Å². The molecule has 2 rings (SSSR count). The van der Waals surface area contributed by atoms with Crippen LogP contribution in [0.3, 0.4) is 0 Å². The number of benzene rings is 1. The van der Waals surface area contributed by atoms with Gasteiger partial charge in [0.1, 0.15) is 12.4 Å². The van der Waals surface area contributed by atoms with Gasteiger partial charge in [-0.25, -0.2) is 0 Å². The van der Waals surface area contributed by atoms with Gasteiger partial charge in [0.25, 0.3) is 5.69 Å². The Morgan fingerprint density at radius 2 is 2.32 bits per heavy atom. The number of nitrogens with zero attached hydrogens (tertiary/aromatic N) is 1. The molecule has 0 bridgehead atoms. The van der Waals surface area contributed by atoms with Crippen molar-refractivity contribution >= 4 is 17.3 Å². The summed E-state index contributed by atoms with van der Waals surface area (Å²) in [5.41, 5.74) is 0.823. The van der Waals surface area contributed by atoms with Crippen LogP contribution in [0.2, 0.25) is 0 Å². The van der Waals surface area contributed by atoms with Crippen molar-refractivity contribution in [2.45, 2.75) is 25.4 Å². The highest BCUT2D eigenvalue weighted by Gasteiger charge is 2.21. The van der Waals surface area contributed by atoms with E-state index in [0.717, 1.165) is 18.4 Å². The lowest BCUT2D eigenvalue weighted by atomic mass is 10.1. The molecule has 1 aliphatic carbocycles. The molecule has 5 nitrogen and oxygen atoms in total. The first-order valence-corrected chi connectivity index (χ1v) is 6.41. The lowest BCUT2D eigenvalue weighted by Gasteiger charge is -2.11. The van der Waals surface area contributed by atoms with Gasteiger partial charge in [-0.1, -0.05) is 18.2 Å². The highest BCUT2D eigenvalue weighted by Crippen LogP contribution is 2.26. The van der Waals surface area contributed by atoms with E-state index in [-0.39, 0.29) is 12.3 Å². The average molecular weight is 283 g/mol. The minimum absolute atomic E-state index is 0.0599. The maximum Gasteiger partial charge on any atom is 0.270 e. The van der Waals surface area contributed by atoms with Gasteiger partial charge in [0.2, 0.25) is 0 Å². The van der Waals surface area contributed by atoms with Crippen LogP contribution < -0.4 is 10.1 Å². The molecule has 0 unspecified atom stereocenters. The summed E-state index contributed by atoms with van der Waals surface area (Å²) in [5, 5.41) is 14.5. The number of hydrogen-bond donors (Lipinski definition) is 1. The zero-order valence-electron chi connectivity index (χ0n) is 10.4. The number of halogens is 1. The molecule has 102 valence electrons. The molecule has 19 heavy (non-hydrogen) atoms. The first kappa shape index (κ1) is 13.8. The number of ether oxygens (including phenoxy) is 1. The van der Waals surface area contributed by atoms with Crippen molar-refractivity contribution < 1.29 is 9.66 Å². The third-order valence-electron chi connectivity index (χ3n) is 2.80. The van der Waals surface area contributed by atoms with Crippen LogP contribution in [0, 0.1) is 10.1 Å². The van der Waals surface area contributed by atoms with Crippen LogP contribution in [0.4, 0.5) is 5.69 Å². The molecule has 1 fully saturated rings. The molecule has 1 aliphatic rings. The molecule has 0 amide bonds. The molecule has 0 aliphatic heterocycles. The van der Waals surface area contributed by atoms with Gasteiger partial charge in [0, 0.05) is 35.3 Å². The summed E-state index contributed by atoms with van der Waals surface area (Å²) >= 11 is 5.66. The summed E-state index contributed by atoms with van der Waals surface area (Å²) < 4.78 is 5.49. The van der Waals surface area contributed by atoms with Gasteiger partial charge in [-0.05, 0) is 18.9 Å². The highest BCUT2D eigenvalue weighted by atomic mass is 35.5. The van der Waals surface area contributed by atoms with Crippen LogP contribution in [-0.4, -0.2) is 17.6 Å². The van der Waals surface area contributed by atoms with Gasteiger partial charge in [-0.2, -0.15) is 0 Å². The van der Waals surface area contributed by atoms with Gasteiger partial charge in [0.15, 0.2) is 0 Å². The Morgan fingerprint density at radius 1 is 1.58 bits per heavy atom. The Kier molecular flexibility index (Phi) is 4.39. The molecule has 0 atom stereocenters. The molecule has 1 aromatic carbocycles. The maximum atomic E-state index is 10.8. The molecule has 0 aromatic heterocycles. The maximum absolute atomic E-state index is 10.8. The molecular weight excluding hydrogens is 268 g/mol. The Labute approximate surface area is 116 Å². The van der Waals surface area contributed by atoms with E-state index < -0.39 is 4.92 Å². The summed E-state index contributed by atoms with van der Waals surface area (Å²) in [6.07, 6.45) is 2.31. The first-order valence-electron chi connectivity index (χ1n) is 6.03. The predicted molar refractivity (Wildman–Crippen MR) is 73.4 cm³/mol. The molecule has 1 aromatic rings. The molecule has 0 spiro atoms. The van der Waals surface area contributed by atoms with Gasteiger partial charge in [-0.3, -0.25) is 10.1 Å². The fourth-order valence-electron chi connectivity index (χ4n) is 1.66. The summed E-state index contributed by atoms with van der Waals surface area (Å²) in [5.74, 6) is 0.598. The van der Waals surface area contributed by atoms with Crippen molar-refractivity contribution in [1.29, 1.82) is 0 Å². The third-order valence-corrected chi connectivity index (χ3v) is 2.91. The summed E-state index contributed by atoms with van der Waals surface area (Å²) in [7, 11) is 0. The number of hydrogen-bond acceptors (Lipinski definition) is 4. The lowest BCUT2D eigenvalue weighted by molar-refractivity contribution is -0.384. The van der Waals surface area contributed by atoms with E-state index in [4.69, 9.17) is 16.3 Å². The quantitative estimate of drug-likeness (QED) is 0.617. The van der Waals surface area contributed by atoms with Crippen molar-refractivity contribution in [3.63, 3.8) is 0 Å². The molecule has 1 N–H and O–H groups in total. The van der Waals surface area contributed by atoms with Crippen molar-refractivity contribution in [3.8, 4) is 5.75 Å². The SMILES string of the molecule is C=C(Cl)COc1ccc([N+](=O)[O-])cc1CNC1CC1. The second-order valence-electron chi connectivity index (χ2n) is 4.51. The van der Waals surface area contributed by atoms with Gasteiger partial charge >= 0.3 is 0 Å². The first-order chi connectivity index (χ1) is 9.06. The van der Waals surface area contributed by atoms with Crippen LogP contribution in [0.15, 0.2) is 29.8 Å². The Morgan fingerprint density at radius 3 is 2.89 bits per heavy atom. The van der Waals surface area contributed by atoms with Crippen molar-refractivity contribution in [3.05, 3.63) is 45.5 Å². The van der Waals surface area contributed by atoms with Crippen LogP contribution in [0.25, 0.3) is 0 Å². The van der Waals surface area contributed by atoms with Crippen molar-refractivity contribution in [2.24, 2.45) is 0 Å². The van der Waals surface area contributed by atoms with E-state index in [2.05, 4.69) is 11.9 Å². The van der Waals surface area contributed by atoms with Crippen LogP contribution >= 0.6 is 11.6 Å². The molecular formula is C13H15ClN2O3. The van der Waals surface area contributed by atoms with Crippen molar-refractivity contribution in [2.75, 3.05) is 6.61 Å². The summed E-state index contributed by atoms with van der Waals surface area (Å²) in [6.45, 7) is 4.29. The smallest absolute Gasteiger partial charge is 0.270 e. The number of non-ortho nitro benzene ring substituents is 1. The topological polar surface area (TPSA) is 64.4 Å². The minimum atomic E-state index is -0.412. The Balaban J connectivity index is 2.13. The molecule has 0 heterocycles. The summed E-state index contributed by atoms with van der Waals surface area (Å²) in [6, 6.07) is 5.08. The number of nitro benzene ring substituents is 1. The summed E-state index contributed by atoms with van der Waals surface area (Å²) in [4.78, 5) is 10.4. The van der Waals surface area contributed by atoms with Gasteiger partial charge in [-0.15, -0.1) is 0 Å². The normalized spacial score (nSPS) is 14.2. The average Bonchev–Trinajstić information content (AvgIpc) is 3.18. The second-order valence-corrected chi connectivity index (χ2v) is 5.04. The van der Waals surface area contributed by atoms with Crippen LogP contribution in [0.5, 0.6) is 5.75 Å². The highest BCUT2D eigenvalue weighted by molar-refractivity contribution is 6.29. The molecule has 0 saturated heterocycles. The Bertz CT molecular complexity index is 501. The number of nitrogens with one attached hydrogen (secondary N) is 1. The van der Waals surface area contributed by atoms with E-state index in [9.17, 15) is 10.1 Å². The largest absolute Gasteiger partial charge is 0.488 e.